The lowest BCUT2D eigenvalue weighted by Gasteiger charge is -2.25. The van der Waals surface area contributed by atoms with Crippen LogP contribution in [0.1, 0.15) is 24.8 Å². The van der Waals surface area contributed by atoms with Crippen LogP contribution in [-0.2, 0) is 14.8 Å². The first-order valence-electron chi connectivity index (χ1n) is 9.03. The third kappa shape index (κ3) is 4.68. The first kappa shape index (κ1) is 19.9. The number of amides is 1. The molecule has 0 aromatic heterocycles. The van der Waals surface area contributed by atoms with Gasteiger partial charge in [-0.1, -0.05) is 18.6 Å². The lowest BCUT2D eigenvalue weighted by Crippen LogP contribution is -2.35. The number of anilines is 1. The van der Waals surface area contributed by atoms with Gasteiger partial charge in [-0.15, -0.1) is 0 Å². The second-order valence-corrected chi connectivity index (χ2v) is 8.37. The number of para-hydroxylation sites is 1. The van der Waals surface area contributed by atoms with Gasteiger partial charge in [-0.05, 0) is 49.2 Å². The van der Waals surface area contributed by atoms with Crippen molar-refractivity contribution in [1.29, 1.82) is 5.26 Å². The maximum absolute atomic E-state index is 12.6. The number of ether oxygens (including phenoxy) is 1. The number of nitrogens with zero attached hydrogens (tertiary/aromatic N) is 2. The smallest absolute Gasteiger partial charge is 0.262 e. The second kappa shape index (κ2) is 8.87. The quantitative estimate of drug-likeness (QED) is 0.805. The number of piperidine rings is 1. The number of nitriles is 1. The fraction of sp³-hybridized carbons (Fsp3) is 0.300. The molecule has 1 amide bonds. The number of benzene rings is 2. The summed E-state index contributed by atoms with van der Waals surface area (Å²) >= 11 is 0. The highest BCUT2D eigenvalue weighted by atomic mass is 32.2. The molecule has 1 fully saturated rings. The summed E-state index contributed by atoms with van der Waals surface area (Å²) in [5.41, 5.74) is 0.822. The van der Waals surface area contributed by atoms with E-state index in [1.54, 1.807) is 36.4 Å². The van der Waals surface area contributed by atoms with E-state index in [4.69, 9.17) is 10.00 Å². The lowest BCUT2D eigenvalue weighted by atomic mass is 10.2. The molecule has 0 radical (unpaired) electrons. The Kier molecular flexibility index (Phi) is 6.29. The maximum Gasteiger partial charge on any atom is 0.262 e. The fourth-order valence-electron chi connectivity index (χ4n) is 2.99. The van der Waals surface area contributed by atoms with Crippen LogP contribution in [-0.4, -0.2) is 38.3 Å². The lowest BCUT2D eigenvalue weighted by molar-refractivity contribution is -0.118. The Morgan fingerprint density at radius 3 is 2.43 bits per heavy atom. The average Bonchev–Trinajstić information content (AvgIpc) is 2.73. The summed E-state index contributed by atoms with van der Waals surface area (Å²) in [6.07, 6.45) is 2.81. The molecular weight excluding hydrogens is 378 g/mol. The minimum absolute atomic E-state index is 0.214. The molecule has 2 aromatic carbocycles. The average molecular weight is 399 g/mol. The molecule has 1 N–H and O–H groups in total. The summed E-state index contributed by atoms with van der Waals surface area (Å²) in [5, 5.41) is 11.7. The third-order valence-corrected chi connectivity index (χ3v) is 6.37. The topological polar surface area (TPSA) is 99.5 Å². The first-order valence-corrected chi connectivity index (χ1v) is 10.5. The Morgan fingerprint density at radius 1 is 1.07 bits per heavy atom. The first-order chi connectivity index (χ1) is 13.5. The van der Waals surface area contributed by atoms with Gasteiger partial charge in [-0.3, -0.25) is 4.79 Å². The van der Waals surface area contributed by atoms with Gasteiger partial charge in [0.25, 0.3) is 5.91 Å². The Labute approximate surface area is 164 Å². The molecule has 1 aliphatic rings. The minimum atomic E-state index is -3.50. The van der Waals surface area contributed by atoms with Crippen molar-refractivity contribution < 1.29 is 17.9 Å². The molecule has 0 spiro atoms. The van der Waals surface area contributed by atoms with Gasteiger partial charge >= 0.3 is 0 Å². The van der Waals surface area contributed by atoms with Gasteiger partial charge in [0.15, 0.2) is 6.61 Å². The number of sulfonamides is 1. The van der Waals surface area contributed by atoms with Crippen LogP contribution in [0.2, 0.25) is 0 Å². The summed E-state index contributed by atoms with van der Waals surface area (Å²) in [6, 6.07) is 14.7. The van der Waals surface area contributed by atoms with Crippen molar-refractivity contribution in [1.82, 2.24) is 4.31 Å². The van der Waals surface area contributed by atoms with Crippen LogP contribution in [0.15, 0.2) is 53.4 Å². The van der Waals surface area contributed by atoms with Crippen molar-refractivity contribution in [2.45, 2.75) is 24.2 Å². The van der Waals surface area contributed by atoms with Crippen LogP contribution in [0.25, 0.3) is 0 Å². The summed E-state index contributed by atoms with van der Waals surface area (Å²) in [4.78, 5) is 12.3. The van der Waals surface area contributed by atoms with Crippen molar-refractivity contribution >= 4 is 21.6 Å². The van der Waals surface area contributed by atoms with E-state index < -0.39 is 15.9 Å². The van der Waals surface area contributed by atoms with Crippen molar-refractivity contribution in [2.24, 2.45) is 0 Å². The predicted molar refractivity (Wildman–Crippen MR) is 104 cm³/mol. The molecule has 7 nitrogen and oxygen atoms in total. The zero-order chi connectivity index (χ0) is 20.0. The fourth-order valence-corrected chi connectivity index (χ4v) is 4.51. The predicted octanol–water partition coefficient (Wildman–Crippen LogP) is 2.75. The number of carbonyl (C=O) groups is 1. The molecule has 0 aliphatic carbocycles. The van der Waals surface area contributed by atoms with Gasteiger partial charge in [0.05, 0.1) is 10.5 Å². The van der Waals surface area contributed by atoms with E-state index in [1.807, 2.05) is 6.07 Å². The molecule has 0 atom stereocenters. The number of carbonyl (C=O) groups excluding carboxylic acids is 1. The van der Waals surface area contributed by atoms with E-state index in [0.717, 1.165) is 19.3 Å². The van der Waals surface area contributed by atoms with Crippen LogP contribution in [0, 0.1) is 11.3 Å². The van der Waals surface area contributed by atoms with Crippen molar-refractivity contribution in [3.63, 3.8) is 0 Å². The van der Waals surface area contributed by atoms with E-state index in [0.29, 0.717) is 30.1 Å². The van der Waals surface area contributed by atoms with Crippen LogP contribution in [0.4, 0.5) is 5.69 Å². The van der Waals surface area contributed by atoms with Gasteiger partial charge < -0.3 is 10.1 Å². The number of nitrogens with one attached hydrogen (secondary N) is 1. The standard InChI is InChI=1S/C20H21N3O4S/c21-14-16-6-2-3-7-19(16)27-15-20(24)22-17-8-10-18(11-9-17)28(25,26)23-12-4-1-5-13-23/h2-3,6-11H,1,4-5,12-13,15H2,(H,22,24). The molecular formula is C20H21N3O4S. The van der Waals surface area contributed by atoms with E-state index in [2.05, 4.69) is 5.32 Å². The van der Waals surface area contributed by atoms with Crippen molar-refractivity contribution in [2.75, 3.05) is 25.0 Å². The Hall–Kier alpha value is -2.89. The molecule has 1 saturated heterocycles. The minimum Gasteiger partial charge on any atom is -0.482 e. The molecule has 0 unspecified atom stereocenters. The SMILES string of the molecule is N#Cc1ccccc1OCC(=O)Nc1ccc(S(=O)(=O)N2CCCCC2)cc1. The van der Waals surface area contributed by atoms with Crippen LogP contribution in [0.5, 0.6) is 5.75 Å². The summed E-state index contributed by atoms with van der Waals surface area (Å²) < 4.78 is 32.2. The van der Waals surface area contributed by atoms with Crippen LogP contribution >= 0.6 is 0 Å². The Morgan fingerprint density at radius 2 is 1.75 bits per heavy atom. The van der Waals surface area contributed by atoms with E-state index in [1.165, 1.54) is 16.4 Å². The molecule has 3 rings (SSSR count). The maximum atomic E-state index is 12.6. The summed E-state index contributed by atoms with van der Waals surface area (Å²) in [7, 11) is -3.50. The molecule has 1 aliphatic heterocycles. The number of hydrogen-bond acceptors (Lipinski definition) is 5. The summed E-state index contributed by atoms with van der Waals surface area (Å²) in [6.45, 7) is 0.831. The van der Waals surface area contributed by atoms with E-state index >= 15 is 0 Å². The summed E-state index contributed by atoms with van der Waals surface area (Å²) in [5.74, 6) is -0.0671. The highest BCUT2D eigenvalue weighted by Crippen LogP contribution is 2.22. The van der Waals surface area contributed by atoms with Crippen LogP contribution in [0.3, 0.4) is 0 Å². The zero-order valence-electron chi connectivity index (χ0n) is 15.3. The monoisotopic (exact) mass is 399 g/mol. The highest BCUT2D eigenvalue weighted by molar-refractivity contribution is 7.89. The third-order valence-electron chi connectivity index (χ3n) is 4.46. The van der Waals surface area contributed by atoms with Gasteiger partial charge in [-0.25, -0.2) is 8.42 Å². The zero-order valence-corrected chi connectivity index (χ0v) is 16.1. The normalized spacial score (nSPS) is 14.8. The molecule has 0 saturated carbocycles. The molecule has 1 heterocycles. The largest absolute Gasteiger partial charge is 0.482 e. The van der Waals surface area contributed by atoms with Gasteiger partial charge in [0.2, 0.25) is 10.0 Å². The number of rotatable bonds is 6. The Balaban J connectivity index is 1.59. The molecule has 2 aromatic rings. The van der Waals surface area contributed by atoms with Crippen molar-refractivity contribution in [3.05, 3.63) is 54.1 Å². The van der Waals surface area contributed by atoms with Crippen LogP contribution < -0.4 is 10.1 Å². The molecule has 146 valence electrons. The van der Waals surface area contributed by atoms with Gasteiger partial charge in [0, 0.05) is 18.8 Å². The van der Waals surface area contributed by atoms with Crippen molar-refractivity contribution in [3.8, 4) is 11.8 Å². The Bertz CT molecular complexity index is 975. The second-order valence-electron chi connectivity index (χ2n) is 6.43. The van der Waals surface area contributed by atoms with Gasteiger partial charge in [-0.2, -0.15) is 9.57 Å². The highest BCUT2D eigenvalue weighted by Gasteiger charge is 2.25. The molecule has 8 heteroatoms. The van der Waals surface area contributed by atoms with E-state index in [9.17, 15) is 13.2 Å². The number of hydrogen-bond donors (Lipinski definition) is 1. The molecule has 28 heavy (non-hydrogen) atoms. The van der Waals surface area contributed by atoms with Gasteiger partial charge in [0.1, 0.15) is 11.8 Å². The van der Waals surface area contributed by atoms with E-state index in [-0.39, 0.29) is 11.5 Å². The molecule has 0 bridgehead atoms.